The van der Waals surface area contributed by atoms with Crippen LogP contribution in [0.3, 0.4) is 0 Å². The Balaban J connectivity index is 2.27. The van der Waals surface area contributed by atoms with Crippen LogP contribution in [0.2, 0.25) is 0 Å². The summed E-state index contributed by atoms with van der Waals surface area (Å²) in [4.78, 5) is 25.8. The molecule has 1 spiro atoms. The number of hydrogen-bond donors (Lipinski definition) is 0. The van der Waals surface area contributed by atoms with Crippen LogP contribution < -0.4 is 4.90 Å². The van der Waals surface area contributed by atoms with Crippen LogP contribution in [-0.4, -0.2) is 18.7 Å². The molecule has 1 atom stereocenters. The van der Waals surface area contributed by atoms with Crippen LogP contribution in [0.15, 0.2) is 36.1 Å². The molecule has 2 aliphatic heterocycles. The van der Waals surface area contributed by atoms with Gasteiger partial charge in [0, 0.05) is 18.7 Å². The quantitative estimate of drug-likeness (QED) is 0.631. The first-order chi connectivity index (χ1) is 8.07. The van der Waals surface area contributed by atoms with Crippen molar-refractivity contribution in [2.75, 3.05) is 11.9 Å². The zero-order chi connectivity index (χ0) is 12.2. The van der Waals surface area contributed by atoms with Crippen LogP contribution in [0.1, 0.15) is 12.5 Å². The molecule has 0 saturated heterocycles. The van der Waals surface area contributed by atoms with E-state index in [1.807, 2.05) is 12.1 Å². The van der Waals surface area contributed by atoms with Crippen LogP contribution in [-0.2, 0) is 19.9 Å². The molecule has 17 heavy (non-hydrogen) atoms. The van der Waals surface area contributed by atoms with Gasteiger partial charge in [-0.2, -0.15) is 0 Å². The second-order valence-corrected chi connectivity index (χ2v) is 4.28. The number of likely N-dealkylation sites (N-methyl/N-ethyl adjacent to an activating group) is 1. The van der Waals surface area contributed by atoms with Crippen molar-refractivity contribution in [1.29, 1.82) is 0 Å². The van der Waals surface area contributed by atoms with Crippen molar-refractivity contribution in [3.05, 3.63) is 41.7 Å². The number of rotatable bonds is 0. The Morgan fingerprint density at radius 1 is 1.24 bits per heavy atom. The van der Waals surface area contributed by atoms with Gasteiger partial charge in [-0.15, -0.1) is 0 Å². The first-order valence-electron chi connectivity index (χ1n) is 5.37. The summed E-state index contributed by atoms with van der Waals surface area (Å²) in [6.07, 6.45) is 1.38. The molecule has 2 heterocycles. The van der Waals surface area contributed by atoms with Crippen molar-refractivity contribution in [2.24, 2.45) is 0 Å². The lowest BCUT2D eigenvalue weighted by Crippen LogP contribution is -2.43. The van der Waals surface area contributed by atoms with Crippen molar-refractivity contribution >= 4 is 17.4 Å². The zero-order valence-corrected chi connectivity index (χ0v) is 9.56. The van der Waals surface area contributed by atoms with E-state index in [0.717, 1.165) is 5.69 Å². The number of para-hydroxylation sites is 1. The first kappa shape index (κ1) is 10.1. The summed E-state index contributed by atoms with van der Waals surface area (Å²) in [7, 11) is 1.65. The number of carbonyl (C=O) groups excluding carboxylic acids is 2. The molecule has 4 nitrogen and oxygen atoms in total. The van der Waals surface area contributed by atoms with Crippen LogP contribution in [0.25, 0.3) is 0 Å². The molecule has 1 aromatic carbocycles. The maximum absolute atomic E-state index is 12.3. The maximum atomic E-state index is 12.3. The number of anilines is 1. The van der Waals surface area contributed by atoms with Crippen molar-refractivity contribution in [3.63, 3.8) is 0 Å². The van der Waals surface area contributed by atoms with E-state index in [1.165, 1.54) is 11.0 Å². The van der Waals surface area contributed by atoms with Gasteiger partial charge in [0.15, 0.2) is 0 Å². The number of amides is 1. The lowest BCUT2D eigenvalue weighted by atomic mass is 9.92. The van der Waals surface area contributed by atoms with Gasteiger partial charge in [0.05, 0.1) is 11.4 Å². The van der Waals surface area contributed by atoms with E-state index in [2.05, 4.69) is 0 Å². The highest BCUT2D eigenvalue weighted by atomic mass is 16.5. The Labute approximate surface area is 98.5 Å². The van der Waals surface area contributed by atoms with Crippen LogP contribution in [0, 0.1) is 0 Å². The summed E-state index contributed by atoms with van der Waals surface area (Å²) in [6, 6.07) is 7.21. The van der Waals surface area contributed by atoms with Gasteiger partial charge in [-0.05, 0) is 13.0 Å². The third-order valence-corrected chi connectivity index (χ3v) is 3.25. The number of benzene rings is 1. The van der Waals surface area contributed by atoms with E-state index in [0.29, 0.717) is 11.3 Å². The molecule has 0 unspecified atom stereocenters. The molecule has 0 aromatic heterocycles. The molecule has 4 heteroatoms. The number of allylic oxidation sites excluding steroid dienone is 1. The van der Waals surface area contributed by atoms with E-state index in [1.54, 1.807) is 26.1 Å². The number of fused-ring (bicyclic) bond motifs is 2. The lowest BCUT2D eigenvalue weighted by molar-refractivity contribution is -0.146. The smallest absolute Gasteiger partial charge is 0.284 e. The molecule has 1 aromatic rings. The van der Waals surface area contributed by atoms with E-state index in [9.17, 15) is 9.59 Å². The highest BCUT2D eigenvalue weighted by Gasteiger charge is 2.59. The number of hydrogen-bond acceptors (Lipinski definition) is 3. The minimum Gasteiger partial charge on any atom is -0.469 e. The molecule has 2 aliphatic rings. The third kappa shape index (κ3) is 1.02. The summed E-state index contributed by atoms with van der Waals surface area (Å²) in [5.41, 5.74) is -0.102. The molecule has 3 rings (SSSR count). The largest absolute Gasteiger partial charge is 0.469 e. The van der Waals surface area contributed by atoms with E-state index < -0.39 is 5.60 Å². The fourth-order valence-electron chi connectivity index (χ4n) is 2.47. The topological polar surface area (TPSA) is 46.6 Å². The van der Waals surface area contributed by atoms with Crippen LogP contribution in [0.5, 0.6) is 0 Å². The Morgan fingerprint density at radius 2 is 1.94 bits per heavy atom. The average Bonchev–Trinajstić information content (AvgIpc) is 2.72. The molecule has 0 N–H and O–H groups in total. The van der Waals surface area contributed by atoms with Gasteiger partial charge in [-0.3, -0.25) is 9.59 Å². The van der Waals surface area contributed by atoms with Gasteiger partial charge < -0.3 is 9.64 Å². The molecule has 0 radical (unpaired) electrons. The highest BCUT2D eigenvalue weighted by molar-refractivity contribution is 6.24. The molecular formula is C13H11NO3. The number of carbonyl (C=O) groups is 2. The van der Waals surface area contributed by atoms with Gasteiger partial charge in [-0.25, -0.2) is 0 Å². The second kappa shape index (κ2) is 2.97. The summed E-state index contributed by atoms with van der Waals surface area (Å²) in [6.45, 7) is 1.68. The number of ether oxygens (including phenoxy) is 1. The minimum absolute atomic E-state index is 0.295. The summed E-state index contributed by atoms with van der Waals surface area (Å²) >= 11 is 0. The van der Waals surface area contributed by atoms with Crippen molar-refractivity contribution in [3.8, 4) is 0 Å². The first-order valence-corrected chi connectivity index (χ1v) is 5.37. The average molecular weight is 229 g/mol. The number of ketones is 1. The van der Waals surface area contributed by atoms with Crippen molar-refractivity contribution in [2.45, 2.75) is 12.5 Å². The fraction of sp³-hybridized carbons (Fsp3) is 0.231. The van der Waals surface area contributed by atoms with Gasteiger partial charge in [0.1, 0.15) is 0 Å². The monoisotopic (exact) mass is 229 g/mol. The van der Waals surface area contributed by atoms with Gasteiger partial charge in [0.25, 0.3) is 11.5 Å². The number of nitrogens with zero attached hydrogens (tertiary/aromatic N) is 1. The summed E-state index contributed by atoms with van der Waals surface area (Å²) in [5.74, 6) is -0.137. The maximum Gasteiger partial charge on any atom is 0.284 e. The molecule has 0 aliphatic carbocycles. The second-order valence-electron chi connectivity index (χ2n) is 4.28. The van der Waals surface area contributed by atoms with E-state index in [-0.39, 0.29) is 11.7 Å². The standard InChI is InChI=1S/C13H11NO3/c1-8-7-11(15)13(17-8)9-5-3-4-6-10(9)14(2)12(13)16/h3-7H,1-2H3/t13-/m0/s1. The Bertz CT molecular complexity index is 576. The van der Waals surface area contributed by atoms with Crippen LogP contribution >= 0.6 is 0 Å². The molecule has 0 bridgehead atoms. The SMILES string of the molecule is CC1=CC(=O)[C@]2(O1)C(=O)N(C)c1ccccc12. The van der Waals surface area contributed by atoms with E-state index >= 15 is 0 Å². The molecular weight excluding hydrogens is 218 g/mol. The summed E-state index contributed by atoms with van der Waals surface area (Å²) in [5, 5.41) is 0. The van der Waals surface area contributed by atoms with Gasteiger partial charge in [-0.1, -0.05) is 18.2 Å². The normalized spacial score (nSPS) is 26.2. The zero-order valence-electron chi connectivity index (χ0n) is 9.56. The predicted molar refractivity (Wildman–Crippen MR) is 61.4 cm³/mol. The Hall–Kier alpha value is -2.10. The van der Waals surface area contributed by atoms with Gasteiger partial charge >= 0.3 is 0 Å². The highest BCUT2D eigenvalue weighted by Crippen LogP contribution is 2.46. The molecule has 86 valence electrons. The Kier molecular flexibility index (Phi) is 1.76. The lowest BCUT2D eigenvalue weighted by Gasteiger charge is -2.21. The molecule has 0 fully saturated rings. The van der Waals surface area contributed by atoms with Crippen molar-refractivity contribution < 1.29 is 14.3 Å². The van der Waals surface area contributed by atoms with Crippen LogP contribution in [0.4, 0.5) is 5.69 Å². The Morgan fingerprint density at radius 3 is 2.59 bits per heavy atom. The predicted octanol–water partition coefficient (Wildman–Crippen LogP) is 1.36. The minimum atomic E-state index is -1.46. The van der Waals surface area contributed by atoms with Gasteiger partial charge in [0.2, 0.25) is 5.78 Å². The molecule has 1 amide bonds. The van der Waals surface area contributed by atoms with E-state index in [4.69, 9.17) is 4.74 Å². The van der Waals surface area contributed by atoms with Crippen molar-refractivity contribution in [1.82, 2.24) is 0 Å². The molecule has 0 saturated carbocycles. The summed E-state index contributed by atoms with van der Waals surface area (Å²) < 4.78 is 5.55. The fourth-order valence-corrected chi connectivity index (χ4v) is 2.47. The third-order valence-electron chi connectivity index (χ3n) is 3.25.